The van der Waals surface area contributed by atoms with Crippen LogP contribution in [0, 0.1) is 6.92 Å². The Balaban J connectivity index is 2.08. The van der Waals surface area contributed by atoms with Crippen LogP contribution in [0.15, 0.2) is 40.8 Å². The number of aryl methyl sites for hydroxylation is 1. The van der Waals surface area contributed by atoms with Crippen molar-refractivity contribution in [1.29, 1.82) is 0 Å². The number of aliphatic hydroxyl groups excluding tert-OH is 1. The molecule has 1 unspecified atom stereocenters. The third kappa shape index (κ3) is 3.27. The van der Waals surface area contributed by atoms with Gasteiger partial charge in [-0.3, -0.25) is 4.98 Å². The maximum Gasteiger partial charge on any atom is 0.192 e. The summed E-state index contributed by atoms with van der Waals surface area (Å²) in [6.45, 7) is 3.88. The summed E-state index contributed by atoms with van der Waals surface area (Å²) in [4.78, 5) is 13.6. The summed E-state index contributed by atoms with van der Waals surface area (Å²) in [6, 6.07) is 3.76. The second-order valence-corrected chi connectivity index (χ2v) is 5.03. The van der Waals surface area contributed by atoms with Crippen LogP contribution in [0.1, 0.15) is 30.7 Å². The van der Waals surface area contributed by atoms with Gasteiger partial charge in [-0.2, -0.15) is 0 Å². The highest BCUT2D eigenvalue weighted by Gasteiger charge is 2.06. The second-order valence-electron chi connectivity index (χ2n) is 3.99. The molecule has 0 aliphatic heterocycles. The van der Waals surface area contributed by atoms with Crippen LogP contribution in [0.2, 0.25) is 0 Å². The van der Waals surface area contributed by atoms with Crippen molar-refractivity contribution in [3.63, 3.8) is 0 Å². The predicted octanol–water partition coefficient (Wildman–Crippen LogP) is 2.77. The molecule has 0 saturated heterocycles. The molecule has 5 heteroatoms. The molecule has 2 aromatic rings. The first kappa shape index (κ1) is 13.0. The zero-order valence-corrected chi connectivity index (χ0v) is 11.2. The Bertz CT molecular complexity index is 499. The van der Waals surface area contributed by atoms with Gasteiger partial charge in [0.05, 0.1) is 11.8 Å². The van der Waals surface area contributed by atoms with E-state index in [0.29, 0.717) is 17.3 Å². The quantitative estimate of drug-likeness (QED) is 0.858. The van der Waals surface area contributed by atoms with E-state index in [-0.39, 0.29) is 0 Å². The number of aromatic nitrogens is 3. The molecule has 1 atom stereocenters. The van der Waals surface area contributed by atoms with Crippen molar-refractivity contribution in [2.45, 2.75) is 36.4 Å². The van der Waals surface area contributed by atoms with Crippen LogP contribution in [0.25, 0.3) is 0 Å². The van der Waals surface area contributed by atoms with Gasteiger partial charge in [-0.05, 0) is 42.8 Å². The van der Waals surface area contributed by atoms with Crippen molar-refractivity contribution in [3.8, 4) is 0 Å². The van der Waals surface area contributed by atoms with E-state index in [1.165, 1.54) is 11.8 Å². The molecule has 18 heavy (non-hydrogen) atoms. The van der Waals surface area contributed by atoms with Gasteiger partial charge in [-0.1, -0.05) is 6.92 Å². The highest BCUT2D eigenvalue weighted by Crippen LogP contribution is 2.24. The Hall–Kier alpha value is -1.46. The fraction of sp³-hybridized carbons (Fsp3) is 0.308. The van der Waals surface area contributed by atoms with E-state index in [0.717, 1.165) is 10.5 Å². The minimum Gasteiger partial charge on any atom is -0.387 e. The molecule has 2 heterocycles. The maximum atomic E-state index is 9.65. The molecule has 0 radical (unpaired) electrons. The second kappa shape index (κ2) is 5.93. The van der Waals surface area contributed by atoms with Crippen LogP contribution in [-0.4, -0.2) is 20.1 Å². The van der Waals surface area contributed by atoms with Gasteiger partial charge in [0.15, 0.2) is 5.16 Å². The number of pyridine rings is 1. The SMILES string of the molecule is CCC(O)c1ccc(Sc2ncc(C)cn2)cn1. The molecule has 0 bridgehead atoms. The van der Waals surface area contributed by atoms with Crippen LogP contribution in [0.4, 0.5) is 0 Å². The molecular formula is C13H15N3OS. The van der Waals surface area contributed by atoms with Crippen molar-refractivity contribution in [1.82, 2.24) is 15.0 Å². The van der Waals surface area contributed by atoms with E-state index in [1.807, 2.05) is 26.0 Å². The van der Waals surface area contributed by atoms with Crippen LogP contribution in [0.3, 0.4) is 0 Å². The minimum atomic E-state index is -0.486. The molecule has 94 valence electrons. The smallest absolute Gasteiger partial charge is 0.192 e. The van der Waals surface area contributed by atoms with Gasteiger partial charge in [0, 0.05) is 23.5 Å². The Labute approximate surface area is 111 Å². The van der Waals surface area contributed by atoms with Gasteiger partial charge in [-0.25, -0.2) is 9.97 Å². The highest BCUT2D eigenvalue weighted by atomic mass is 32.2. The summed E-state index contributed by atoms with van der Waals surface area (Å²) in [5.41, 5.74) is 1.74. The van der Waals surface area contributed by atoms with Crippen molar-refractivity contribution >= 4 is 11.8 Å². The van der Waals surface area contributed by atoms with Gasteiger partial charge < -0.3 is 5.11 Å². The van der Waals surface area contributed by atoms with Gasteiger partial charge in [0.25, 0.3) is 0 Å². The molecule has 2 rings (SSSR count). The largest absolute Gasteiger partial charge is 0.387 e. The first-order valence-electron chi connectivity index (χ1n) is 5.79. The number of hydrogen-bond acceptors (Lipinski definition) is 5. The monoisotopic (exact) mass is 261 g/mol. The average Bonchev–Trinajstić information content (AvgIpc) is 2.41. The number of rotatable bonds is 4. The lowest BCUT2D eigenvalue weighted by molar-refractivity contribution is 0.169. The standard InChI is InChI=1S/C13H15N3OS/c1-3-12(17)11-5-4-10(8-14-11)18-13-15-6-9(2)7-16-13/h4-8,12,17H,3H2,1-2H3. The zero-order chi connectivity index (χ0) is 13.0. The Morgan fingerprint density at radius 3 is 2.44 bits per heavy atom. The Morgan fingerprint density at radius 1 is 1.17 bits per heavy atom. The van der Waals surface area contributed by atoms with Gasteiger partial charge >= 0.3 is 0 Å². The molecule has 1 N–H and O–H groups in total. The number of aliphatic hydroxyl groups is 1. The average molecular weight is 261 g/mol. The maximum absolute atomic E-state index is 9.65. The minimum absolute atomic E-state index is 0.486. The molecular weight excluding hydrogens is 246 g/mol. The molecule has 0 fully saturated rings. The summed E-state index contributed by atoms with van der Waals surface area (Å²) in [5, 5.41) is 10.3. The summed E-state index contributed by atoms with van der Waals surface area (Å²) in [6.07, 6.45) is 5.50. The van der Waals surface area contributed by atoms with Gasteiger partial charge in [0.1, 0.15) is 0 Å². The lowest BCUT2D eigenvalue weighted by Crippen LogP contribution is -1.98. The Kier molecular flexibility index (Phi) is 4.28. The van der Waals surface area contributed by atoms with Crippen LogP contribution >= 0.6 is 11.8 Å². The number of nitrogens with zero attached hydrogens (tertiary/aromatic N) is 3. The topological polar surface area (TPSA) is 58.9 Å². The van der Waals surface area contributed by atoms with Gasteiger partial charge in [0.2, 0.25) is 0 Å². The molecule has 0 aliphatic rings. The summed E-state index contributed by atoms with van der Waals surface area (Å²) < 4.78 is 0. The molecule has 0 aromatic carbocycles. The molecule has 0 saturated carbocycles. The van der Waals surface area contributed by atoms with E-state index in [2.05, 4.69) is 15.0 Å². The number of hydrogen-bond donors (Lipinski definition) is 1. The fourth-order valence-electron chi connectivity index (χ4n) is 1.40. The van der Waals surface area contributed by atoms with Crippen LogP contribution in [-0.2, 0) is 0 Å². The molecule has 0 aliphatic carbocycles. The zero-order valence-electron chi connectivity index (χ0n) is 10.4. The molecule has 2 aromatic heterocycles. The molecule has 4 nitrogen and oxygen atoms in total. The Morgan fingerprint density at radius 2 is 1.89 bits per heavy atom. The third-order valence-electron chi connectivity index (χ3n) is 2.45. The van der Waals surface area contributed by atoms with Crippen molar-refractivity contribution < 1.29 is 5.11 Å². The first-order valence-corrected chi connectivity index (χ1v) is 6.61. The van der Waals surface area contributed by atoms with Crippen molar-refractivity contribution in [2.75, 3.05) is 0 Å². The molecule has 0 spiro atoms. The van der Waals surface area contributed by atoms with Crippen molar-refractivity contribution in [2.24, 2.45) is 0 Å². The summed E-state index contributed by atoms with van der Waals surface area (Å²) in [7, 11) is 0. The van der Waals surface area contributed by atoms with Crippen LogP contribution < -0.4 is 0 Å². The van der Waals surface area contributed by atoms with Crippen molar-refractivity contribution in [3.05, 3.63) is 42.0 Å². The van der Waals surface area contributed by atoms with E-state index >= 15 is 0 Å². The van der Waals surface area contributed by atoms with E-state index in [4.69, 9.17) is 0 Å². The lowest BCUT2D eigenvalue weighted by atomic mass is 10.2. The highest BCUT2D eigenvalue weighted by molar-refractivity contribution is 7.99. The third-order valence-corrected chi connectivity index (χ3v) is 3.32. The van der Waals surface area contributed by atoms with E-state index < -0.39 is 6.10 Å². The lowest BCUT2D eigenvalue weighted by Gasteiger charge is -2.07. The summed E-state index contributed by atoms with van der Waals surface area (Å²) in [5.74, 6) is 0. The normalized spacial score (nSPS) is 12.4. The first-order chi connectivity index (χ1) is 8.69. The van der Waals surface area contributed by atoms with E-state index in [9.17, 15) is 5.11 Å². The molecule has 0 amide bonds. The predicted molar refractivity (Wildman–Crippen MR) is 70.4 cm³/mol. The van der Waals surface area contributed by atoms with E-state index in [1.54, 1.807) is 18.6 Å². The van der Waals surface area contributed by atoms with Crippen LogP contribution in [0.5, 0.6) is 0 Å². The summed E-state index contributed by atoms with van der Waals surface area (Å²) >= 11 is 1.46. The van der Waals surface area contributed by atoms with Gasteiger partial charge in [-0.15, -0.1) is 0 Å². The fourth-order valence-corrected chi connectivity index (χ4v) is 2.06.